The van der Waals surface area contributed by atoms with Gasteiger partial charge in [0.05, 0.1) is 50.1 Å². The first-order valence-corrected chi connectivity index (χ1v) is 12.5. The Balaban J connectivity index is 1.92. The van der Waals surface area contributed by atoms with Crippen molar-refractivity contribution in [2.75, 3.05) is 21.3 Å². The molecule has 0 aliphatic carbocycles. The normalized spacial score (nSPS) is 16.7. The van der Waals surface area contributed by atoms with Crippen LogP contribution in [0.25, 0.3) is 5.76 Å². The number of hydrogen-bond acceptors (Lipinski definition) is 6. The molecule has 1 aliphatic rings. The molecule has 198 valence electrons. The predicted octanol–water partition coefficient (Wildman–Crippen LogP) is 6.11. The molecule has 1 unspecified atom stereocenters. The van der Waals surface area contributed by atoms with Gasteiger partial charge in [0.1, 0.15) is 23.0 Å². The summed E-state index contributed by atoms with van der Waals surface area (Å²) in [5.41, 5.74) is 2.65. The zero-order valence-corrected chi connectivity index (χ0v) is 22.7. The van der Waals surface area contributed by atoms with Gasteiger partial charge in [-0.05, 0) is 29.2 Å². The number of para-hydroxylation sites is 1. The van der Waals surface area contributed by atoms with Crippen molar-refractivity contribution in [2.45, 2.75) is 32.4 Å². The fourth-order valence-corrected chi connectivity index (χ4v) is 4.90. The summed E-state index contributed by atoms with van der Waals surface area (Å²) in [4.78, 5) is 28.4. The van der Waals surface area contributed by atoms with Crippen molar-refractivity contribution in [1.29, 1.82) is 0 Å². The molecular formula is C30H30ClNO6. The maximum Gasteiger partial charge on any atom is 0.295 e. The Hall–Kier alpha value is -3.97. The number of ketones is 1. The van der Waals surface area contributed by atoms with Crippen LogP contribution in [0.4, 0.5) is 0 Å². The van der Waals surface area contributed by atoms with Gasteiger partial charge in [-0.1, -0.05) is 67.9 Å². The van der Waals surface area contributed by atoms with Crippen LogP contribution >= 0.6 is 11.6 Å². The summed E-state index contributed by atoms with van der Waals surface area (Å²) in [6.07, 6.45) is 0. The second kappa shape index (κ2) is 11.2. The molecule has 8 heteroatoms. The quantitative estimate of drug-likeness (QED) is 0.213. The maximum absolute atomic E-state index is 13.5. The van der Waals surface area contributed by atoms with E-state index < -0.39 is 17.7 Å². The minimum Gasteiger partial charge on any atom is -0.507 e. The predicted molar refractivity (Wildman–Crippen MR) is 146 cm³/mol. The molecule has 3 aromatic rings. The molecule has 0 radical (unpaired) electrons. The SMILES string of the molecule is COc1cc(OC)c(/C(O)=C2\C(=O)C(=O)N(Cc3ccccc3OC)C2c2ccc(C(C)C)cc2)cc1Cl. The zero-order valence-electron chi connectivity index (χ0n) is 21.9. The summed E-state index contributed by atoms with van der Waals surface area (Å²) in [6, 6.07) is 17.1. The van der Waals surface area contributed by atoms with Gasteiger partial charge >= 0.3 is 0 Å². The van der Waals surface area contributed by atoms with Gasteiger partial charge in [0.2, 0.25) is 0 Å². The average molecular weight is 536 g/mol. The molecule has 1 aliphatic heterocycles. The summed E-state index contributed by atoms with van der Waals surface area (Å²) in [5, 5.41) is 11.8. The number of hydrogen-bond donors (Lipinski definition) is 1. The Kier molecular flexibility index (Phi) is 7.97. The van der Waals surface area contributed by atoms with Crippen molar-refractivity contribution < 1.29 is 28.9 Å². The van der Waals surface area contributed by atoms with E-state index >= 15 is 0 Å². The summed E-state index contributed by atoms with van der Waals surface area (Å²) in [5.74, 6) is -0.434. The number of benzene rings is 3. The number of halogens is 1. The van der Waals surface area contributed by atoms with Gasteiger partial charge in [0.25, 0.3) is 11.7 Å². The lowest BCUT2D eigenvalue weighted by Crippen LogP contribution is -2.29. The smallest absolute Gasteiger partial charge is 0.295 e. The van der Waals surface area contributed by atoms with E-state index in [1.807, 2.05) is 42.5 Å². The largest absolute Gasteiger partial charge is 0.507 e. The summed E-state index contributed by atoms with van der Waals surface area (Å²) >= 11 is 6.35. The number of aliphatic hydroxyl groups excluding tert-OH is 1. The van der Waals surface area contributed by atoms with E-state index in [1.165, 1.54) is 31.3 Å². The van der Waals surface area contributed by atoms with Gasteiger partial charge in [-0.25, -0.2) is 0 Å². The molecule has 4 rings (SSSR count). The molecule has 3 aromatic carbocycles. The molecule has 38 heavy (non-hydrogen) atoms. The Bertz CT molecular complexity index is 1400. The lowest BCUT2D eigenvalue weighted by atomic mass is 9.93. The highest BCUT2D eigenvalue weighted by Crippen LogP contribution is 2.44. The van der Waals surface area contributed by atoms with E-state index in [0.29, 0.717) is 23.0 Å². The van der Waals surface area contributed by atoms with E-state index in [9.17, 15) is 14.7 Å². The van der Waals surface area contributed by atoms with Crippen LogP contribution in [0.5, 0.6) is 17.2 Å². The van der Waals surface area contributed by atoms with E-state index in [1.54, 1.807) is 13.2 Å². The van der Waals surface area contributed by atoms with E-state index in [4.69, 9.17) is 25.8 Å². The Morgan fingerprint density at radius 2 is 1.55 bits per heavy atom. The molecule has 1 amide bonds. The average Bonchev–Trinajstić information content (AvgIpc) is 3.17. The van der Waals surface area contributed by atoms with Gasteiger partial charge < -0.3 is 24.2 Å². The summed E-state index contributed by atoms with van der Waals surface area (Å²) in [6.45, 7) is 4.27. The van der Waals surface area contributed by atoms with Crippen LogP contribution in [0.1, 0.15) is 48.1 Å². The molecule has 7 nitrogen and oxygen atoms in total. The van der Waals surface area contributed by atoms with Crippen LogP contribution in [0.2, 0.25) is 5.02 Å². The summed E-state index contributed by atoms with van der Waals surface area (Å²) < 4.78 is 16.2. The first-order chi connectivity index (χ1) is 18.2. The Morgan fingerprint density at radius 1 is 0.921 bits per heavy atom. The molecule has 1 fully saturated rings. The third-order valence-electron chi connectivity index (χ3n) is 6.72. The third-order valence-corrected chi connectivity index (χ3v) is 7.02. The van der Waals surface area contributed by atoms with Gasteiger partial charge in [0.15, 0.2) is 0 Å². The zero-order chi connectivity index (χ0) is 27.6. The first-order valence-electron chi connectivity index (χ1n) is 12.1. The number of rotatable bonds is 8. The van der Waals surface area contributed by atoms with Crippen molar-refractivity contribution in [2.24, 2.45) is 0 Å². The number of Topliss-reactive ketones (excluding diaryl/α,β-unsaturated/α-hetero) is 1. The van der Waals surface area contributed by atoms with Crippen molar-refractivity contribution in [1.82, 2.24) is 4.90 Å². The number of methoxy groups -OCH3 is 3. The lowest BCUT2D eigenvalue weighted by Gasteiger charge is -2.26. The van der Waals surface area contributed by atoms with E-state index in [-0.39, 0.29) is 34.2 Å². The van der Waals surface area contributed by atoms with Crippen LogP contribution in [0.15, 0.2) is 66.2 Å². The molecule has 1 N–H and O–H groups in total. The van der Waals surface area contributed by atoms with E-state index in [2.05, 4.69) is 13.8 Å². The van der Waals surface area contributed by atoms with Crippen LogP contribution in [-0.2, 0) is 16.1 Å². The fourth-order valence-electron chi connectivity index (χ4n) is 4.66. The number of ether oxygens (including phenoxy) is 3. The highest BCUT2D eigenvalue weighted by Gasteiger charge is 2.46. The lowest BCUT2D eigenvalue weighted by molar-refractivity contribution is -0.140. The number of aliphatic hydroxyl groups is 1. The Morgan fingerprint density at radius 3 is 2.16 bits per heavy atom. The van der Waals surface area contributed by atoms with E-state index in [0.717, 1.165) is 11.1 Å². The number of carbonyl (C=O) groups excluding carboxylic acids is 2. The van der Waals surface area contributed by atoms with Crippen molar-refractivity contribution in [3.63, 3.8) is 0 Å². The highest BCUT2D eigenvalue weighted by molar-refractivity contribution is 6.46. The molecule has 0 spiro atoms. The van der Waals surface area contributed by atoms with Gasteiger partial charge in [-0.2, -0.15) is 0 Å². The fraction of sp³-hybridized carbons (Fsp3) is 0.267. The minimum absolute atomic E-state index is 0.0540. The number of nitrogens with zero attached hydrogens (tertiary/aromatic N) is 1. The Labute approximate surface area is 227 Å². The second-order valence-corrected chi connectivity index (χ2v) is 9.65. The molecule has 1 saturated heterocycles. The standard InChI is InChI=1S/C30H30ClNO6/c1-17(2)18-10-12-19(13-11-18)27-26(28(33)21-14-22(31)25(38-5)15-24(21)37-4)29(34)30(35)32(27)16-20-8-6-7-9-23(20)36-3/h6-15,17,27,33H,16H2,1-5H3/b28-26+. The number of amides is 1. The van der Waals surface area contributed by atoms with Crippen molar-refractivity contribution in [3.8, 4) is 17.2 Å². The van der Waals surface area contributed by atoms with Crippen LogP contribution in [-0.4, -0.2) is 43.0 Å². The van der Waals surface area contributed by atoms with Crippen LogP contribution in [0.3, 0.4) is 0 Å². The monoisotopic (exact) mass is 535 g/mol. The first kappa shape index (κ1) is 27.1. The second-order valence-electron chi connectivity index (χ2n) is 9.25. The minimum atomic E-state index is -0.855. The molecule has 1 atom stereocenters. The molecule has 0 aromatic heterocycles. The van der Waals surface area contributed by atoms with Crippen LogP contribution in [0, 0.1) is 0 Å². The van der Waals surface area contributed by atoms with Gasteiger partial charge in [-0.3, -0.25) is 9.59 Å². The van der Waals surface area contributed by atoms with Gasteiger partial charge in [-0.15, -0.1) is 0 Å². The molecule has 0 bridgehead atoms. The number of carbonyl (C=O) groups is 2. The van der Waals surface area contributed by atoms with Crippen LogP contribution < -0.4 is 14.2 Å². The molecular weight excluding hydrogens is 506 g/mol. The highest BCUT2D eigenvalue weighted by atomic mass is 35.5. The van der Waals surface area contributed by atoms with Crippen molar-refractivity contribution in [3.05, 3.63) is 93.5 Å². The topological polar surface area (TPSA) is 85.3 Å². The van der Waals surface area contributed by atoms with Gasteiger partial charge in [0, 0.05) is 11.6 Å². The maximum atomic E-state index is 13.5. The summed E-state index contributed by atoms with van der Waals surface area (Å²) in [7, 11) is 4.45. The molecule has 1 heterocycles. The number of likely N-dealkylation sites (tertiary alicyclic amines) is 1. The molecule has 0 saturated carbocycles. The third kappa shape index (κ3) is 4.94. The van der Waals surface area contributed by atoms with Crippen molar-refractivity contribution >= 4 is 29.1 Å².